The molecule has 2 aromatic rings. The van der Waals surface area contributed by atoms with Crippen molar-refractivity contribution in [1.82, 2.24) is 0 Å². The van der Waals surface area contributed by atoms with E-state index in [-0.39, 0.29) is 30.1 Å². The molecule has 3 heterocycles. The highest BCUT2D eigenvalue weighted by atomic mass is 32.1. The molecule has 0 aliphatic carbocycles. The minimum atomic E-state index is -4.77. The highest BCUT2D eigenvalue weighted by Crippen LogP contribution is 2.44. The van der Waals surface area contributed by atoms with E-state index in [9.17, 15) is 23.1 Å². The van der Waals surface area contributed by atoms with Crippen molar-refractivity contribution in [3.63, 3.8) is 0 Å². The number of aryl methyl sites for hydroxylation is 1. The van der Waals surface area contributed by atoms with Gasteiger partial charge in [-0.2, -0.15) is 18.4 Å². The molecule has 1 N–H and O–H groups in total. The van der Waals surface area contributed by atoms with Crippen LogP contribution in [0.1, 0.15) is 29.5 Å². The highest BCUT2D eigenvalue weighted by Gasteiger charge is 2.58. The van der Waals surface area contributed by atoms with Crippen LogP contribution in [0.5, 0.6) is 5.75 Å². The van der Waals surface area contributed by atoms with Crippen molar-refractivity contribution in [2.24, 2.45) is 0 Å². The Morgan fingerprint density at radius 2 is 2.00 bits per heavy atom. The maximum Gasteiger partial charge on any atom is 0.417 e. The number of rotatable bonds is 3. The van der Waals surface area contributed by atoms with Crippen LogP contribution in [-0.2, 0) is 22.1 Å². The highest BCUT2D eigenvalue weighted by molar-refractivity contribution is 7.81. The van der Waals surface area contributed by atoms with Gasteiger partial charge in [-0.25, -0.2) is 0 Å². The van der Waals surface area contributed by atoms with Gasteiger partial charge in [-0.15, -0.1) is 0 Å². The molecule has 1 spiro atoms. The number of ether oxygens (including phenoxy) is 2. The average Bonchev–Trinajstić information content (AvgIpc) is 3.41. The Balaban J connectivity index is 1.58. The molecule has 0 aromatic heterocycles. The molecule has 2 unspecified atom stereocenters. The molecule has 0 radical (unpaired) electrons. The lowest BCUT2D eigenvalue weighted by molar-refractivity contribution is -0.137. The fourth-order valence-electron chi connectivity index (χ4n) is 4.86. The normalized spacial score (nSPS) is 24.0. The topological polar surface area (TPSA) is 86.0 Å². The van der Waals surface area contributed by atoms with Crippen molar-refractivity contribution in [3.05, 3.63) is 53.1 Å². The molecule has 0 bridgehead atoms. The molecule has 3 aliphatic heterocycles. The number of benzene rings is 2. The van der Waals surface area contributed by atoms with E-state index in [1.807, 2.05) is 6.07 Å². The van der Waals surface area contributed by atoms with Crippen LogP contribution in [0.25, 0.3) is 0 Å². The first-order valence-electron chi connectivity index (χ1n) is 11.0. The van der Waals surface area contributed by atoms with E-state index in [0.717, 1.165) is 22.6 Å². The zero-order valence-electron chi connectivity index (χ0n) is 18.3. The number of aliphatic hydroxyl groups is 1. The van der Waals surface area contributed by atoms with Crippen LogP contribution in [0.2, 0.25) is 0 Å². The number of halogens is 3. The van der Waals surface area contributed by atoms with Crippen LogP contribution >= 0.6 is 12.2 Å². The van der Waals surface area contributed by atoms with Crippen LogP contribution in [-0.4, -0.2) is 47.6 Å². The summed E-state index contributed by atoms with van der Waals surface area (Å²) in [5, 5.41) is 18.5. The smallest absolute Gasteiger partial charge is 0.417 e. The third-order valence-electron chi connectivity index (χ3n) is 6.64. The second kappa shape index (κ2) is 8.48. The van der Waals surface area contributed by atoms with Gasteiger partial charge >= 0.3 is 6.18 Å². The lowest BCUT2D eigenvalue weighted by Gasteiger charge is -2.33. The van der Waals surface area contributed by atoms with E-state index in [1.165, 1.54) is 6.07 Å². The van der Waals surface area contributed by atoms with Crippen LogP contribution in [0.3, 0.4) is 0 Å². The van der Waals surface area contributed by atoms with E-state index >= 15 is 0 Å². The van der Waals surface area contributed by atoms with Crippen molar-refractivity contribution in [2.75, 3.05) is 29.6 Å². The van der Waals surface area contributed by atoms with E-state index in [4.69, 9.17) is 27.0 Å². The number of hydrogen-bond donors (Lipinski definition) is 1. The van der Waals surface area contributed by atoms with E-state index in [2.05, 4.69) is 0 Å². The summed E-state index contributed by atoms with van der Waals surface area (Å²) >= 11 is 5.67. The molecule has 2 aromatic carbocycles. The van der Waals surface area contributed by atoms with Crippen LogP contribution in [0.15, 0.2) is 36.4 Å². The first-order chi connectivity index (χ1) is 16.7. The standard InChI is InChI=1S/C24H20F3N3O4S/c25-24(26,27)19-10-16(3-1-15(19)11-28)29-21(32)23(7-8-33-13-23)30(22(29)35)17-4-6-20-14(9-17)2-5-18(12-31)34-20/h1,3-4,6,9-10,18,31H,2,5,7-8,12-13H2. The molecule has 11 heteroatoms. The van der Waals surface area contributed by atoms with Crippen molar-refractivity contribution >= 4 is 34.6 Å². The van der Waals surface area contributed by atoms with Crippen LogP contribution < -0.4 is 14.5 Å². The molecular formula is C24H20F3N3O4S. The number of thiocarbonyl (C=S) groups is 1. The minimum Gasteiger partial charge on any atom is -0.488 e. The number of nitrogens with zero attached hydrogens (tertiary/aromatic N) is 3. The second-order valence-corrected chi connectivity index (χ2v) is 9.05. The molecule has 2 saturated heterocycles. The van der Waals surface area contributed by atoms with Gasteiger partial charge in [0.1, 0.15) is 11.9 Å². The molecule has 0 saturated carbocycles. The average molecular weight is 504 g/mol. The Bertz CT molecular complexity index is 1250. The summed E-state index contributed by atoms with van der Waals surface area (Å²) in [5.41, 5.74) is -1.44. The Labute approximate surface area is 204 Å². The maximum atomic E-state index is 13.7. The predicted molar refractivity (Wildman–Crippen MR) is 123 cm³/mol. The SMILES string of the molecule is N#Cc1ccc(N2C(=O)C3(CCOC3)N(c3ccc4c(c3)CCC(CO)O4)C2=S)cc1C(F)(F)F. The van der Waals surface area contributed by atoms with Crippen molar-refractivity contribution < 1.29 is 32.5 Å². The first-order valence-corrected chi connectivity index (χ1v) is 11.4. The van der Waals surface area contributed by atoms with Gasteiger partial charge in [0.15, 0.2) is 10.7 Å². The van der Waals surface area contributed by atoms with Crippen molar-refractivity contribution in [1.29, 1.82) is 5.26 Å². The lowest BCUT2D eigenvalue weighted by Crippen LogP contribution is -2.50. The number of anilines is 2. The van der Waals surface area contributed by atoms with Crippen LogP contribution in [0.4, 0.5) is 24.5 Å². The van der Waals surface area contributed by atoms with Gasteiger partial charge in [0, 0.05) is 18.7 Å². The van der Waals surface area contributed by atoms with E-state index in [0.29, 0.717) is 37.3 Å². The Morgan fingerprint density at radius 3 is 2.66 bits per heavy atom. The van der Waals surface area contributed by atoms with Gasteiger partial charge < -0.3 is 19.5 Å². The van der Waals surface area contributed by atoms with Gasteiger partial charge in [-0.3, -0.25) is 9.69 Å². The first kappa shape index (κ1) is 23.5. The molecule has 3 aliphatic rings. The molecular weight excluding hydrogens is 483 g/mol. The van der Waals surface area contributed by atoms with Gasteiger partial charge in [0.25, 0.3) is 5.91 Å². The number of nitriles is 1. The number of carbonyl (C=O) groups excluding carboxylic acids is 1. The van der Waals surface area contributed by atoms with Gasteiger partial charge in [-0.05, 0) is 67.0 Å². The molecule has 182 valence electrons. The monoisotopic (exact) mass is 503 g/mol. The molecule has 2 atom stereocenters. The summed E-state index contributed by atoms with van der Waals surface area (Å²) in [5.74, 6) is 0.151. The Kier molecular flexibility index (Phi) is 5.70. The number of carbonyl (C=O) groups is 1. The number of alkyl halides is 3. The van der Waals surface area contributed by atoms with E-state index in [1.54, 1.807) is 23.1 Å². The molecule has 1 amide bonds. The second-order valence-electron chi connectivity index (χ2n) is 8.69. The summed E-state index contributed by atoms with van der Waals surface area (Å²) < 4.78 is 52.2. The summed E-state index contributed by atoms with van der Waals surface area (Å²) in [4.78, 5) is 16.5. The van der Waals surface area contributed by atoms with Gasteiger partial charge in [-0.1, -0.05) is 0 Å². The fourth-order valence-corrected chi connectivity index (χ4v) is 5.33. The Morgan fingerprint density at radius 1 is 1.23 bits per heavy atom. The molecule has 2 fully saturated rings. The summed E-state index contributed by atoms with van der Waals surface area (Å²) in [6, 6.07) is 10.0. The number of fused-ring (bicyclic) bond motifs is 1. The summed E-state index contributed by atoms with van der Waals surface area (Å²) in [6.45, 7) is 0.239. The van der Waals surface area contributed by atoms with E-state index < -0.39 is 28.7 Å². The zero-order valence-corrected chi connectivity index (χ0v) is 19.2. The number of amides is 1. The van der Waals surface area contributed by atoms with Gasteiger partial charge in [0.05, 0.1) is 36.1 Å². The molecule has 7 nitrogen and oxygen atoms in total. The third-order valence-corrected chi connectivity index (χ3v) is 7.00. The largest absolute Gasteiger partial charge is 0.488 e. The quantitative estimate of drug-likeness (QED) is 0.641. The fraction of sp³-hybridized carbons (Fsp3) is 0.375. The lowest BCUT2D eigenvalue weighted by atomic mass is 9.95. The summed E-state index contributed by atoms with van der Waals surface area (Å²) in [6.07, 6.45) is -3.47. The number of aliphatic hydroxyl groups excluding tert-OH is 1. The number of hydrogen-bond acceptors (Lipinski definition) is 6. The third kappa shape index (κ3) is 3.73. The minimum absolute atomic E-state index is 0.0308. The van der Waals surface area contributed by atoms with Gasteiger partial charge in [0.2, 0.25) is 0 Å². The Hall–Kier alpha value is -3.20. The summed E-state index contributed by atoms with van der Waals surface area (Å²) in [7, 11) is 0. The predicted octanol–water partition coefficient (Wildman–Crippen LogP) is 3.56. The van der Waals surface area contributed by atoms with Crippen LogP contribution in [0, 0.1) is 11.3 Å². The maximum absolute atomic E-state index is 13.7. The van der Waals surface area contributed by atoms with Crippen molar-refractivity contribution in [3.8, 4) is 11.8 Å². The molecule has 35 heavy (non-hydrogen) atoms. The zero-order chi connectivity index (χ0) is 25.0. The van der Waals surface area contributed by atoms with Crippen molar-refractivity contribution in [2.45, 2.75) is 37.1 Å². The molecule has 5 rings (SSSR count).